The van der Waals surface area contributed by atoms with Crippen LogP contribution in [0.5, 0.6) is 0 Å². The molecule has 2 amide bonds. The summed E-state index contributed by atoms with van der Waals surface area (Å²) in [5, 5.41) is 6.56. The quantitative estimate of drug-likeness (QED) is 0.801. The van der Waals surface area contributed by atoms with Crippen LogP contribution in [0.15, 0.2) is 10.9 Å². The first-order valence-electron chi connectivity index (χ1n) is 7.60. The molecule has 0 radical (unpaired) electrons. The lowest BCUT2D eigenvalue weighted by atomic mass is 9.92. The fraction of sp³-hybridized carbons (Fsp3) is 0.600. The molecule has 2 aliphatic rings. The van der Waals surface area contributed by atoms with Gasteiger partial charge in [0, 0.05) is 38.3 Å². The molecule has 2 aliphatic heterocycles. The van der Waals surface area contributed by atoms with Gasteiger partial charge in [-0.1, -0.05) is 0 Å². The molecule has 118 valence electrons. The Hall–Kier alpha value is -2.18. The van der Waals surface area contributed by atoms with Gasteiger partial charge in [-0.25, -0.2) is 0 Å². The number of hydrogen-bond acceptors (Lipinski definition) is 4. The molecule has 0 saturated carbocycles. The van der Waals surface area contributed by atoms with Crippen LogP contribution in [-0.4, -0.2) is 57.5 Å². The Labute approximate surface area is 128 Å². The molecule has 7 nitrogen and oxygen atoms in total. The zero-order valence-electron chi connectivity index (χ0n) is 12.8. The predicted octanol–water partition coefficient (Wildman–Crippen LogP) is 0.161. The number of carbonyl (C=O) groups is 2. The van der Waals surface area contributed by atoms with Gasteiger partial charge in [-0.05, 0) is 25.7 Å². The third-order valence-corrected chi connectivity index (χ3v) is 4.60. The van der Waals surface area contributed by atoms with E-state index in [2.05, 4.69) is 10.2 Å². The van der Waals surface area contributed by atoms with Crippen molar-refractivity contribution < 1.29 is 9.59 Å². The molecule has 0 unspecified atom stereocenters. The number of rotatable bonds is 1. The Bertz CT molecular complexity index is 669. The second kappa shape index (κ2) is 5.55. The summed E-state index contributed by atoms with van der Waals surface area (Å²) >= 11 is 0. The minimum absolute atomic E-state index is 0.0512. The van der Waals surface area contributed by atoms with Crippen molar-refractivity contribution in [1.82, 2.24) is 20.0 Å². The number of H-pyrrole nitrogens is 1. The number of likely N-dealkylation sites (tertiary alicyclic amines) is 2. The number of piperidine rings is 1. The largest absolute Gasteiger partial charge is 0.338 e. The van der Waals surface area contributed by atoms with Gasteiger partial charge in [0.25, 0.3) is 5.91 Å². The first-order chi connectivity index (χ1) is 10.5. The fourth-order valence-corrected chi connectivity index (χ4v) is 3.54. The maximum absolute atomic E-state index is 12.5. The van der Waals surface area contributed by atoms with Crippen LogP contribution in [0.4, 0.5) is 0 Å². The van der Waals surface area contributed by atoms with Crippen molar-refractivity contribution in [2.45, 2.75) is 32.7 Å². The van der Waals surface area contributed by atoms with Gasteiger partial charge in [0.05, 0.1) is 6.04 Å². The fourth-order valence-electron chi connectivity index (χ4n) is 3.54. The van der Waals surface area contributed by atoms with E-state index in [0.717, 1.165) is 19.4 Å². The Balaban J connectivity index is 1.81. The smallest absolute Gasteiger partial charge is 0.278 e. The topological polar surface area (TPSA) is 86.4 Å². The summed E-state index contributed by atoms with van der Waals surface area (Å²) in [6.45, 7) is 5.11. The highest BCUT2D eigenvalue weighted by atomic mass is 16.2. The molecular weight excluding hydrogens is 284 g/mol. The van der Waals surface area contributed by atoms with Gasteiger partial charge in [0.1, 0.15) is 0 Å². The highest BCUT2D eigenvalue weighted by Gasteiger charge is 2.42. The summed E-state index contributed by atoms with van der Waals surface area (Å²) in [4.78, 5) is 39.7. The number of amides is 2. The standard InChI is InChI=1S/C15H20N4O3/c1-9-6-13(21)14(17-16-9)15(22)18-7-11-4-3-5-19(10(2)20)12(11)8-18/h6,11-12H,3-5,7-8H2,1-2H3,(H,16,21)/t11-,12+/m0/s1. The number of hydrogen-bond donors (Lipinski definition) is 1. The minimum Gasteiger partial charge on any atom is -0.338 e. The van der Waals surface area contributed by atoms with Gasteiger partial charge in [0.15, 0.2) is 5.69 Å². The summed E-state index contributed by atoms with van der Waals surface area (Å²) in [5.41, 5.74) is 0.192. The van der Waals surface area contributed by atoms with E-state index < -0.39 is 0 Å². The molecule has 1 N–H and O–H groups in total. The summed E-state index contributed by atoms with van der Waals surface area (Å²) in [6.07, 6.45) is 1.97. The van der Waals surface area contributed by atoms with Crippen LogP contribution in [0.3, 0.4) is 0 Å². The second-order valence-electron chi connectivity index (χ2n) is 6.16. The Morgan fingerprint density at radius 2 is 2.14 bits per heavy atom. The lowest BCUT2D eigenvalue weighted by molar-refractivity contribution is -0.133. The van der Waals surface area contributed by atoms with E-state index in [1.807, 2.05) is 4.90 Å². The van der Waals surface area contributed by atoms with Crippen molar-refractivity contribution >= 4 is 11.8 Å². The molecule has 22 heavy (non-hydrogen) atoms. The highest BCUT2D eigenvalue weighted by Crippen LogP contribution is 2.31. The Kier molecular flexibility index (Phi) is 3.72. The van der Waals surface area contributed by atoms with E-state index >= 15 is 0 Å². The van der Waals surface area contributed by atoms with Crippen molar-refractivity contribution in [1.29, 1.82) is 0 Å². The zero-order chi connectivity index (χ0) is 15.9. The van der Waals surface area contributed by atoms with Gasteiger partial charge in [0.2, 0.25) is 11.3 Å². The number of nitrogens with one attached hydrogen (secondary N) is 1. The minimum atomic E-state index is -0.362. The van der Waals surface area contributed by atoms with Gasteiger partial charge in [-0.3, -0.25) is 19.5 Å². The molecule has 3 heterocycles. The van der Waals surface area contributed by atoms with E-state index in [4.69, 9.17) is 0 Å². The summed E-state index contributed by atoms with van der Waals surface area (Å²) in [5.74, 6) is 0.000545. The van der Waals surface area contributed by atoms with Crippen molar-refractivity contribution in [2.24, 2.45) is 5.92 Å². The third-order valence-electron chi connectivity index (χ3n) is 4.60. The number of fused-ring (bicyclic) bond motifs is 1. The highest BCUT2D eigenvalue weighted by molar-refractivity contribution is 5.92. The molecule has 0 bridgehead atoms. The average molecular weight is 304 g/mol. The monoisotopic (exact) mass is 304 g/mol. The molecule has 0 aliphatic carbocycles. The normalized spacial score (nSPS) is 24.3. The van der Waals surface area contributed by atoms with Gasteiger partial charge in [-0.2, -0.15) is 5.10 Å². The zero-order valence-corrected chi connectivity index (χ0v) is 12.8. The Morgan fingerprint density at radius 1 is 1.36 bits per heavy atom. The first-order valence-corrected chi connectivity index (χ1v) is 7.60. The van der Waals surface area contributed by atoms with E-state index in [0.29, 0.717) is 24.7 Å². The summed E-state index contributed by atoms with van der Waals surface area (Å²) < 4.78 is 0. The van der Waals surface area contributed by atoms with Gasteiger partial charge >= 0.3 is 0 Å². The number of aromatic amines is 1. The number of carbonyl (C=O) groups excluding carboxylic acids is 2. The SMILES string of the molecule is CC(=O)N1CCC[C@H]2CN(C(=O)c3n[nH]c(C)cc3=O)C[C@H]21. The number of nitrogens with zero attached hydrogens (tertiary/aromatic N) is 3. The van der Waals surface area contributed by atoms with E-state index in [-0.39, 0.29) is 29.0 Å². The van der Waals surface area contributed by atoms with E-state index in [1.165, 1.54) is 6.07 Å². The van der Waals surface area contributed by atoms with Crippen LogP contribution < -0.4 is 5.43 Å². The number of aromatic nitrogens is 2. The van der Waals surface area contributed by atoms with Crippen molar-refractivity contribution in [2.75, 3.05) is 19.6 Å². The van der Waals surface area contributed by atoms with Crippen LogP contribution in [0.1, 0.15) is 35.9 Å². The van der Waals surface area contributed by atoms with Gasteiger partial charge in [-0.15, -0.1) is 0 Å². The van der Waals surface area contributed by atoms with Crippen LogP contribution in [0.25, 0.3) is 0 Å². The maximum atomic E-state index is 12.5. The molecule has 1 aromatic rings. The van der Waals surface area contributed by atoms with Gasteiger partial charge < -0.3 is 9.80 Å². The molecule has 2 saturated heterocycles. The first kappa shape index (κ1) is 14.7. The van der Waals surface area contributed by atoms with Crippen molar-refractivity contribution in [3.8, 4) is 0 Å². The maximum Gasteiger partial charge on any atom is 0.278 e. The summed E-state index contributed by atoms with van der Waals surface area (Å²) in [7, 11) is 0. The number of aryl methyl sites for hydroxylation is 1. The second-order valence-corrected chi connectivity index (χ2v) is 6.16. The van der Waals surface area contributed by atoms with Crippen LogP contribution in [-0.2, 0) is 4.79 Å². The molecule has 2 fully saturated rings. The van der Waals surface area contributed by atoms with Crippen LogP contribution >= 0.6 is 0 Å². The predicted molar refractivity (Wildman–Crippen MR) is 79.4 cm³/mol. The molecule has 1 aromatic heterocycles. The summed E-state index contributed by atoms with van der Waals surface area (Å²) in [6, 6.07) is 1.45. The van der Waals surface area contributed by atoms with Crippen molar-refractivity contribution in [3.63, 3.8) is 0 Å². The average Bonchev–Trinajstić information content (AvgIpc) is 2.90. The molecule has 3 rings (SSSR count). The Morgan fingerprint density at radius 3 is 2.82 bits per heavy atom. The van der Waals surface area contributed by atoms with Crippen LogP contribution in [0.2, 0.25) is 0 Å². The molecule has 2 atom stereocenters. The van der Waals surface area contributed by atoms with Crippen LogP contribution in [0, 0.1) is 12.8 Å². The molecular formula is C15H20N4O3. The third kappa shape index (κ3) is 2.51. The molecule has 0 aromatic carbocycles. The lowest BCUT2D eigenvalue weighted by Gasteiger charge is -2.36. The lowest BCUT2D eigenvalue weighted by Crippen LogP contribution is -2.47. The van der Waals surface area contributed by atoms with Crippen molar-refractivity contribution in [3.05, 3.63) is 27.7 Å². The van der Waals surface area contributed by atoms with E-state index in [1.54, 1.807) is 18.7 Å². The van der Waals surface area contributed by atoms with E-state index in [9.17, 15) is 14.4 Å². The molecule has 7 heteroatoms. The molecule has 0 spiro atoms.